The largest absolute Gasteiger partial charge is 0.346 e. The molecular weight excluding hydrogens is 338 g/mol. The van der Waals surface area contributed by atoms with Crippen LogP contribution in [0.5, 0.6) is 0 Å². The Morgan fingerprint density at radius 2 is 2.12 bits per heavy atom. The van der Waals surface area contributed by atoms with Crippen LogP contribution in [0.25, 0.3) is 10.7 Å². The van der Waals surface area contributed by atoms with Crippen LogP contribution >= 0.6 is 11.3 Å². The molecule has 3 aromatic rings. The Kier molecular flexibility index (Phi) is 4.71. The molecule has 3 rings (SSSR count). The summed E-state index contributed by atoms with van der Waals surface area (Å²) in [5, 5.41) is 5.35. The minimum atomic E-state index is -0.396. The quantitative estimate of drug-likeness (QED) is 0.771. The van der Waals surface area contributed by atoms with Gasteiger partial charge in [-0.25, -0.2) is 4.98 Å². The summed E-state index contributed by atoms with van der Waals surface area (Å²) in [5.74, 6) is -0.396. The van der Waals surface area contributed by atoms with Crippen molar-refractivity contribution < 1.29 is 4.79 Å². The summed E-state index contributed by atoms with van der Waals surface area (Å²) in [6.07, 6.45) is 4.84. The molecular formula is C17H17N5O2S. The van der Waals surface area contributed by atoms with Gasteiger partial charge in [0.25, 0.3) is 11.5 Å². The van der Waals surface area contributed by atoms with Crippen LogP contribution in [0.1, 0.15) is 27.3 Å². The van der Waals surface area contributed by atoms with Crippen LogP contribution < -0.4 is 10.9 Å². The Morgan fingerprint density at radius 3 is 2.84 bits per heavy atom. The molecule has 0 bridgehead atoms. The molecule has 0 saturated heterocycles. The maximum Gasteiger partial charge on any atom is 0.263 e. The average Bonchev–Trinajstić information content (AvgIpc) is 3.08. The van der Waals surface area contributed by atoms with Gasteiger partial charge < -0.3 is 9.88 Å². The predicted molar refractivity (Wildman–Crippen MR) is 95.5 cm³/mol. The zero-order chi connectivity index (χ0) is 18.0. The fourth-order valence-corrected chi connectivity index (χ4v) is 3.21. The van der Waals surface area contributed by atoms with Gasteiger partial charge in [0.05, 0.1) is 18.4 Å². The molecule has 0 atom stereocenters. The number of carbonyl (C=O) groups excluding carboxylic acids is 1. The standard InChI is InChI=1S/C17H17N5O2S/c1-10-6-11(2)22(3)17(24)14(10)15(23)20-7-12-9-25-16(21-12)13-8-18-4-5-19-13/h4-6,8-9H,7H2,1-3H3,(H,20,23). The number of pyridine rings is 1. The molecule has 0 aromatic carbocycles. The van der Waals surface area contributed by atoms with E-state index in [0.717, 1.165) is 10.7 Å². The van der Waals surface area contributed by atoms with Gasteiger partial charge in [0.1, 0.15) is 16.3 Å². The Hall–Kier alpha value is -2.87. The number of carbonyl (C=O) groups is 1. The molecule has 25 heavy (non-hydrogen) atoms. The van der Waals surface area contributed by atoms with Gasteiger partial charge in [-0.15, -0.1) is 11.3 Å². The van der Waals surface area contributed by atoms with E-state index in [4.69, 9.17) is 0 Å². The highest BCUT2D eigenvalue weighted by Crippen LogP contribution is 2.20. The van der Waals surface area contributed by atoms with Gasteiger partial charge in [0, 0.05) is 30.5 Å². The molecule has 3 heterocycles. The van der Waals surface area contributed by atoms with Crippen molar-refractivity contribution in [3.8, 4) is 10.7 Å². The first-order chi connectivity index (χ1) is 12.0. The van der Waals surface area contributed by atoms with E-state index in [-0.39, 0.29) is 17.7 Å². The maximum absolute atomic E-state index is 12.4. The SMILES string of the molecule is Cc1cc(C)n(C)c(=O)c1C(=O)NCc1csc(-c2cnccn2)n1. The third-order valence-corrected chi connectivity index (χ3v) is 4.77. The molecule has 0 unspecified atom stereocenters. The van der Waals surface area contributed by atoms with E-state index < -0.39 is 5.91 Å². The van der Waals surface area contributed by atoms with Gasteiger partial charge in [0.2, 0.25) is 0 Å². The number of nitrogens with one attached hydrogen (secondary N) is 1. The first kappa shape index (κ1) is 17.0. The summed E-state index contributed by atoms with van der Waals surface area (Å²) >= 11 is 1.43. The fraction of sp³-hybridized carbons (Fsp3) is 0.235. The van der Waals surface area contributed by atoms with Crippen molar-refractivity contribution in [1.82, 2.24) is 24.8 Å². The highest BCUT2D eigenvalue weighted by atomic mass is 32.1. The highest BCUT2D eigenvalue weighted by molar-refractivity contribution is 7.13. The predicted octanol–water partition coefficient (Wildman–Crippen LogP) is 1.85. The van der Waals surface area contributed by atoms with Crippen molar-refractivity contribution in [3.05, 3.63) is 62.9 Å². The Bertz CT molecular complexity index is 978. The second-order valence-electron chi connectivity index (χ2n) is 5.63. The van der Waals surface area contributed by atoms with Crippen LogP contribution in [0, 0.1) is 13.8 Å². The van der Waals surface area contributed by atoms with Crippen molar-refractivity contribution in [1.29, 1.82) is 0 Å². The fourth-order valence-electron chi connectivity index (χ4n) is 2.43. The lowest BCUT2D eigenvalue weighted by molar-refractivity contribution is 0.0947. The second kappa shape index (κ2) is 6.94. The summed E-state index contributed by atoms with van der Waals surface area (Å²) in [6.45, 7) is 3.84. The van der Waals surface area contributed by atoms with Crippen molar-refractivity contribution >= 4 is 17.2 Å². The van der Waals surface area contributed by atoms with Crippen molar-refractivity contribution in [2.45, 2.75) is 20.4 Å². The van der Waals surface area contributed by atoms with E-state index in [1.165, 1.54) is 15.9 Å². The molecule has 0 saturated carbocycles. The molecule has 128 valence electrons. The topological polar surface area (TPSA) is 89.8 Å². The molecule has 1 amide bonds. The van der Waals surface area contributed by atoms with E-state index in [9.17, 15) is 9.59 Å². The van der Waals surface area contributed by atoms with Crippen molar-refractivity contribution in [2.75, 3.05) is 0 Å². The summed E-state index contributed by atoms with van der Waals surface area (Å²) < 4.78 is 1.47. The van der Waals surface area contributed by atoms with Gasteiger partial charge >= 0.3 is 0 Å². The van der Waals surface area contributed by atoms with E-state index in [1.807, 2.05) is 18.4 Å². The van der Waals surface area contributed by atoms with Crippen molar-refractivity contribution in [2.24, 2.45) is 7.05 Å². The molecule has 1 N–H and O–H groups in total. The van der Waals surface area contributed by atoms with E-state index in [1.54, 1.807) is 32.6 Å². The number of hydrogen-bond acceptors (Lipinski definition) is 6. The third-order valence-electron chi connectivity index (χ3n) is 3.86. The summed E-state index contributed by atoms with van der Waals surface area (Å²) in [7, 11) is 1.65. The molecule has 0 aliphatic heterocycles. The molecule has 0 spiro atoms. The minimum absolute atomic E-state index is 0.164. The lowest BCUT2D eigenvalue weighted by Gasteiger charge is -2.10. The summed E-state index contributed by atoms with van der Waals surface area (Å²) in [6, 6.07) is 1.82. The Balaban J connectivity index is 1.75. The number of rotatable bonds is 4. The lowest BCUT2D eigenvalue weighted by Crippen LogP contribution is -2.33. The number of nitrogens with zero attached hydrogens (tertiary/aromatic N) is 4. The second-order valence-corrected chi connectivity index (χ2v) is 6.48. The van der Waals surface area contributed by atoms with E-state index in [2.05, 4.69) is 20.3 Å². The number of thiazole rings is 1. The summed E-state index contributed by atoms with van der Waals surface area (Å²) in [5.41, 5.74) is 2.74. The zero-order valence-corrected chi connectivity index (χ0v) is 14.9. The highest BCUT2D eigenvalue weighted by Gasteiger charge is 2.16. The van der Waals surface area contributed by atoms with Gasteiger partial charge in [0.15, 0.2) is 0 Å². The Morgan fingerprint density at radius 1 is 1.32 bits per heavy atom. The number of amides is 1. The molecule has 8 heteroatoms. The Labute approximate surface area is 148 Å². The molecule has 3 aromatic heterocycles. The van der Waals surface area contributed by atoms with E-state index in [0.29, 0.717) is 17.0 Å². The minimum Gasteiger partial charge on any atom is -0.346 e. The van der Waals surface area contributed by atoms with Gasteiger partial charge in [-0.1, -0.05) is 0 Å². The summed E-state index contributed by atoms with van der Waals surface area (Å²) in [4.78, 5) is 37.4. The van der Waals surface area contributed by atoms with Crippen LogP contribution in [0.2, 0.25) is 0 Å². The first-order valence-corrected chi connectivity index (χ1v) is 8.51. The number of aromatic nitrogens is 4. The maximum atomic E-state index is 12.4. The lowest BCUT2D eigenvalue weighted by atomic mass is 10.1. The normalized spacial score (nSPS) is 10.7. The first-order valence-electron chi connectivity index (χ1n) is 7.63. The van der Waals surface area contributed by atoms with Crippen LogP contribution in [0.15, 0.2) is 34.8 Å². The van der Waals surface area contributed by atoms with Crippen LogP contribution in [-0.2, 0) is 13.6 Å². The molecule has 0 fully saturated rings. The smallest absolute Gasteiger partial charge is 0.263 e. The number of hydrogen-bond donors (Lipinski definition) is 1. The van der Waals surface area contributed by atoms with E-state index >= 15 is 0 Å². The number of aryl methyl sites for hydroxylation is 2. The van der Waals surface area contributed by atoms with Crippen LogP contribution in [0.4, 0.5) is 0 Å². The molecule has 0 aliphatic carbocycles. The van der Waals surface area contributed by atoms with Crippen molar-refractivity contribution in [3.63, 3.8) is 0 Å². The zero-order valence-electron chi connectivity index (χ0n) is 14.1. The van der Waals surface area contributed by atoms with Crippen LogP contribution in [-0.4, -0.2) is 25.4 Å². The molecule has 0 aliphatic rings. The average molecular weight is 355 g/mol. The monoisotopic (exact) mass is 355 g/mol. The van der Waals surface area contributed by atoms with Gasteiger partial charge in [-0.05, 0) is 25.5 Å². The molecule has 7 nitrogen and oxygen atoms in total. The molecule has 0 radical (unpaired) electrons. The van der Waals surface area contributed by atoms with Gasteiger partial charge in [-0.3, -0.25) is 19.6 Å². The van der Waals surface area contributed by atoms with Crippen LogP contribution in [0.3, 0.4) is 0 Å². The third kappa shape index (κ3) is 3.48. The van der Waals surface area contributed by atoms with Gasteiger partial charge in [-0.2, -0.15) is 0 Å².